The van der Waals surface area contributed by atoms with Crippen LogP contribution in [0.25, 0.3) is 0 Å². The predicted octanol–water partition coefficient (Wildman–Crippen LogP) is 3.14. The number of hydrogen-bond acceptors (Lipinski definition) is 3. The van der Waals surface area contributed by atoms with Crippen LogP contribution >= 0.6 is 0 Å². The van der Waals surface area contributed by atoms with Crippen LogP contribution in [0.3, 0.4) is 0 Å². The Hall–Kier alpha value is -1.81. The molecule has 1 heterocycles. The zero-order valence-corrected chi connectivity index (χ0v) is 13.6. The van der Waals surface area contributed by atoms with Gasteiger partial charge in [0.1, 0.15) is 11.6 Å². The van der Waals surface area contributed by atoms with Gasteiger partial charge < -0.3 is 14.6 Å². The van der Waals surface area contributed by atoms with Gasteiger partial charge in [0.25, 0.3) is 0 Å². The van der Waals surface area contributed by atoms with Crippen LogP contribution in [0.1, 0.15) is 37.9 Å². The molecule has 0 saturated carbocycles. The van der Waals surface area contributed by atoms with Gasteiger partial charge in [-0.1, -0.05) is 18.2 Å². The molecule has 4 nitrogen and oxygen atoms in total. The molecule has 21 heavy (non-hydrogen) atoms. The fourth-order valence-electron chi connectivity index (χ4n) is 2.23. The monoisotopic (exact) mass is 287 g/mol. The maximum absolute atomic E-state index is 5.44. The van der Waals surface area contributed by atoms with Crippen LogP contribution in [0.2, 0.25) is 0 Å². The Balaban J connectivity index is 2.22. The minimum atomic E-state index is 0.0907. The average Bonchev–Trinajstić information content (AvgIpc) is 2.77. The van der Waals surface area contributed by atoms with Crippen molar-refractivity contribution in [3.63, 3.8) is 0 Å². The smallest absolute Gasteiger partial charge is 0.123 e. The van der Waals surface area contributed by atoms with E-state index in [-0.39, 0.29) is 5.54 Å². The summed E-state index contributed by atoms with van der Waals surface area (Å²) in [5.41, 5.74) is 2.44. The lowest BCUT2D eigenvalue weighted by molar-refractivity contribution is 0.404. The average molecular weight is 287 g/mol. The second kappa shape index (κ2) is 6.31. The molecule has 0 amide bonds. The van der Waals surface area contributed by atoms with E-state index in [0.717, 1.165) is 30.2 Å². The van der Waals surface area contributed by atoms with E-state index < -0.39 is 0 Å². The molecule has 0 aliphatic carbocycles. The summed E-state index contributed by atoms with van der Waals surface area (Å²) in [6.45, 7) is 10.1. The lowest BCUT2D eigenvalue weighted by Gasteiger charge is -2.21. The van der Waals surface area contributed by atoms with Crippen molar-refractivity contribution < 1.29 is 4.74 Å². The fraction of sp³-hybridized carbons (Fsp3) is 0.471. The Morgan fingerprint density at radius 1 is 1.24 bits per heavy atom. The molecule has 0 fully saturated rings. The van der Waals surface area contributed by atoms with Gasteiger partial charge in [-0.2, -0.15) is 0 Å². The number of aryl methyl sites for hydroxylation is 1. The third-order valence-corrected chi connectivity index (χ3v) is 3.46. The molecule has 2 aromatic rings. The van der Waals surface area contributed by atoms with Crippen molar-refractivity contribution in [1.29, 1.82) is 0 Å². The number of rotatable bonds is 5. The van der Waals surface area contributed by atoms with Gasteiger partial charge in [0.05, 0.1) is 19.3 Å². The van der Waals surface area contributed by atoms with E-state index in [9.17, 15) is 0 Å². The number of hydrogen-bond donors (Lipinski definition) is 1. The minimum Gasteiger partial charge on any atom is -0.496 e. The molecular weight excluding hydrogens is 262 g/mol. The molecule has 0 bridgehead atoms. The van der Waals surface area contributed by atoms with Gasteiger partial charge in [-0.3, -0.25) is 0 Å². The van der Waals surface area contributed by atoms with E-state index in [1.807, 2.05) is 31.3 Å². The lowest BCUT2D eigenvalue weighted by atomic mass is 10.1. The van der Waals surface area contributed by atoms with Crippen molar-refractivity contribution in [3.05, 3.63) is 47.5 Å². The molecule has 4 heteroatoms. The quantitative estimate of drug-likeness (QED) is 0.918. The van der Waals surface area contributed by atoms with Crippen LogP contribution < -0.4 is 10.1 Å². The molecular formula is C17H25N3O. The normalized spacial score (nSPS) is 11.7. The van der Waals surface area contributed by atoms with E-state index in [2.05, 4.69) is 41.7 Å². The van der Waals surface area contributed by atoms with E-state index in [1.54, 1.807) is 7.11 Å². The second-order valence-electron chi connectivity index (χ2n) is 6.30. The van der Waals surface area contributed by atoms with Crippen molar-refractivity contribution in [1.82, 2.24) is 14.9 Å². The van der Waals surface area contributed by atoms with Gasteiger partial charge in [0.15, 0.2) is 0 Å². The lowest BCUT2D eigenvalue weighted by Crippen LogP contribution is -2.35. The first-order chi connectivity index (χ1) is 9.90. The maximum Gasteiger partial charge on any atom is 0.123 e. The summed E-state index contributed by atoms with van der Waals surface area (Å²) in [7, 11) is 1.71. The summed E-state index contributed by atoms with van der Waals surface area (Å²) < 4.78 is 7.67. The number of aromatic nitrogens is 2. The van der Waals surface area contributed by atoms with Gasteiger partial charge in [0, 0.05) is 23.8 Å². The predicted molar refractivity (Wildman–Crippen MR) is 85.7 cm³/mol. The Bertz CT molecular complexity index is 596. The number of benzene rings is 1. The molecule has 0 atom stereocenters. The minimum absolute atomic E-state index is 0.0907. The molecule has 0 aliphatic rings. The van der Waals surface area contributed by atoms with E-state index in [0.29, 0.717) is 0 Å². The van der Waals surface area contributed by atoms with Crippen LogP contribution in [0, 0.1) is 6.92 Å². The summed E-state index contributed by atoms with van der Waals surface area (Å²) in [6, 6.07) is 8.12. The molecule has 1 N–H and O–H groups in total. The number of nitrogens with one attached hydrogen (secondary N) is 1. The molecule has 0 unspecified atom stereocenters. The van der Waals surface area contributed by atoms with Gasteiger partial charge >= 0.3 is 0 Å². The maximum atomic E-state index is 5.44. The second-order valence-corrected chi connectivity index (χ2v) is 6.30. The summed E-state index contributed by atoms with van der Waals surface area (Å²) in [6.07, 6.45) is 1.95. The van der Waals surface area contributed by atoms with Crippen molar-refractivity contribution in [2.24, 2.45) is 0 Å². The van der Waals surface area contributed by atoms with Gasteiger partial charge in [0.2, 0.25) is 0 Å². The first kappa shape index (κ1) is 15.6. The van der Waals surface area contributed by atoms with Crippen LogP contribution in [-0.2, 0) is 13.1 Å². The van der Waals surface area contributed by atoms with Crippen LogP contribution in [0.4, 0.5) is 0 Å². The SMILES string of the molecule is COc1ccccc1Cn1c(CNC(C)(C)C)cnc1C. The molecule has 0 radical (unpaired) electrons. The fourth-order valence-corrected chi connectivity index (χ4v) is 2.23. The third kappa shape index (κ3) is 4.08. The first-order valence-electron chi connectivity index (χ1n) is 7.28. The summed E-state index contributed by atoms with van der Waals surface area (Å²) >= 11 is 0. The van der Waals surface area contributed by atoms with Crippen molar-refractivity contribution in [2.45, 2.75) is 46.3 Å². The highest BCUT2D eigenvalue weighted by molar-refractivity contribution is 5.33. The number of imidazole rings is 1. The number of nitrogens with zero attached hydrogens (tertiary/aromatic N) is 2. The third-order valence-electron chi connectivity index (χ3n) is 3.46. The van der Waals surface area contributed by atoms with Crippen molar-refractivity contribution >= 4 is 0 Å². The van der Waals surface area contributed by atoms with E-state index in [4.69, 9.17) is 4.74 Å². The number of ether oxygens (including phenoxy) is 1. The highest BCUT2D eigenvalue weighted by Gasteiger charge is 2.13. The number of methoxy groups -OCH3 is 1. The molecule has 0 aliphatic heterocycles. The Morgan fingerprint density at radius 3 is 2.62 bits per heavy atom. The van der Waals surface area contributed by atoms with Crippen LogP contribution in [0.5, 0.6) is 5.75 Å². The Morgan fingerprint density at radius 2 is 1.95 bits per heavy atom. The summed E-state index contributed by atoms with van der Waals surface area (Å²) in [4.78, 5) is 4.45. The summed E-state index contributed by atoms with van der Waals surface area (Å²) in [5, 5.41) is 3.51. The topological polar surface area (TPSA) is 39.1 Å². The highest BCUT2D eigenvalue weighted by atomic mass is 16.5. The molecule has 2 rings (SSSR count). The molecule has 1 aromatic heterocycles. The van der Waals surface area contributed by atoms with Gasteiger partial charge in [-0.25, -0.2) is 4.98 Å². The zero-order chi connectivity index (χ0) is 15.5. The van der Waals surface area contributed by atoms with E-state index >= 15 is 0 Å². The number of para-hydroxylation sites is 1. The highest BCUT2D eigenvalue weighted by Crippen LogP contribution is 2.20. The molecule has 0 saturated heterocycles. The van der Waals surface area contributed by atoms with Crippen LogP contribution in [0.15, 0.2) is 30.5 Å². The van der Waals surface area contributed by atoms with Gasteiger partial charge in [-0.15, -0.1) is 0 Å². The van der Waals surface area contributed by atoms with E-state index in [1.165, 1.54) is 5.69 Å². The van der Waals surface area contributed by atoms with Gasteiger partial charge in [-0.05, 0) is 33.8 Å². The van der Waals surface area contributed by atoms with Crippen LogP contribution in [-0.4, -0.2) is 22.2 Å². The first-order valence-corrected chi connectivity index (χ1v) is 7.28. The van der Waals surface area contributed by atoms with Crippen molar-refractivity contribution in [3.8, 4) is 5.75 Å². The molecule has 0 spiro atoms. The Kier molecular flexibility index (Phi) is 4.68. The summed E-state index contributed by atoms with van der Waals surface area (Å²) in [5.74, 6) is 1.94. The largest absolute Gasteiger partial charge is 0.496 e. The molecule has 114 valence electrons. The molecule has 1 aromatic carbocycles. The standard InChI is InChI=1S/C17H25N3O/c1-13-18-10-15(11-19-17(2,3)4)20(13)12-14-8-6-7-9-16(14)21-5/h6-10,19H,11-12H2,1-5H3. The zero-order valence-electron chi connectivity index (χ0n) is 13.6. The Labute approximate surface area is 127 Å². The van der Waals surface area contributed by atoms with Crippen molar-refractivity contribution in [2.75, 3.05) is 7.11 Å².